The molecule has 0 aliphatic heterocycles. The van der Waals surface area contributed by atoms with Crippen molar-refractivity contribution in [2.24, 2.45) is 0 Å². The second kappa shape index (κ2) is 3.79. The van der Waals surface area contributed by atoms with Gasteiger partial charge in [0.1, 0.15) is 5.76 Å². The van der Waals surface area contributed by atoms with Gasteiger partial charge in [0.05, 0.1) is 6.26 Å². The molecule has 66 valence electrons. The van der Waals surface area contributed by atoms with E-state index < -0.39 is 0 Å². The molecule has 0 fully saturated rings. The normalized spacial score (nSPS) is 10.2. The molecule has 2 heteroatoms. The van der Waals surface area contributed by atoms with Crippen LogP contribution in [0.5, 0.6) is 0 Å². The molecular weight excluding hydrogens is 228 g/mol. The largest absolute Gasteiger partial charge is 0.469 e. The molecule has 0 bridgehead atoms. The van der Waals surface area contributed by atoms with Crippen molar-refractivity contribution < 1.29 is 4.42 Å². The van der Waals surface area contributed by atoms with Crippen molar-refractivity contribution in [3.05, 3.63) is 58.5 Å². The number of furan rings is 1. The molecule has 0 N–H and O–H groups in total. The number of halogens is 1. The number of hydrogen-bond donors (Lipinski definition) is 0. The van der Waals surface area contributed by atoms with Gasteiger partial charge in [-0.2, -0.15) is 0 Å². The fraction of sp³-hybridized carbons (Fsp3) is 0.0909. The second-order valence-electron chi connectivity index (χ2n) is 2.89. The average Bonchev–Trinajstić information content (AvgIpc) is 2.57. The smallest absolute Gasteiger partial charge is 0.108 e. The Morgan fingerprint density at radius 2 is 2.08 bits per heavy atom. The fourth-order valence-corrected chi connectivity index (χ4v) is 1.71. The summed E-state index contributed by atoms with van der Waals surface area (Å²) in [4.78, 5) is 0. The van der Waals surface area contributed by atoms with E-state index in [0.717, 1.165) is 16.7 Å². The summed E-state index contributed by atoms with van der Waals surface area (Å²) in [6.07, 6.45) is 2.56. The van der Waals surface area contributed by atoms with E-state index in [4.69, 9.17) is 4.42 Å². The Bertz CT molecular complexity index is 379. The van der Waals surface area contributed by atoms with Gasteiger partial charge in [-0.1, -0.05) is 28.1 Å². The average molecular weight is 237 g/mol. The van der Waals surface area contributed by atoms with Gasteiger partial charge in [-0.15, -0.1) is 0 Å². The van der Waals surface area contributed by atoms with Gasteiger partial charge >= 0.3 is 0 Å². The maximum absolute atomic E-state index is 5.26. The van der Waals surface area contributed by atoms with Crippen LogP contribution in [0.4, 0.5) is 0 Å². The van der Waals surface area contributed by atoms with Crippen molar-refractivity contribution in [2.45, 2.75) is 6.42 Å². The van der Waals surface area contributed by atoms with Crippen LogP contribution in [0.25, 0.3) is 0 Å². The van der Waals surface area contributed by atoms with Crippen molar-refractivity contribution in [1.82, 2.24) is 0 Å². The summed E-state index contributed by atoms with van der Waals surface area (Å²) in [5, 5.41) is 0. The van der Waals surface area contributed by atoms with Crippen LogP contribution in [-0.4, -0.2) is 0 Å². The highest BCUT2D eigenvalue weighted by Crippen LogP contribution is 2.15. The first-order valence-corrected chi connectivity index (χ1v) is 4.91. The van der Waals surface area contributed by atoms with Gasteiger partial charge in [-0.3, -0.25) is 0 Å². The van der Waals surface area contributed by atoms with Crippen LogP contribution in [0.2, 0.25) is 0 Å². The van der Waals surface area contributed by atoms with E-state index >= 15 is 0 Å². The minimum atomic E-state index is 0.854. The fourth-order valence-electron chi connectivity index (χ4n) is 1.26. The van der Waals surface area contributed by atoms with E-state index in [1.54, 1.807) is 6.26 Å². The summed E-state index contributed by atoms with van der Waals surface area (Å²) >= 11 is 3.44. The number of benzene rings is 1. The Morgan fingerprint density at radius 1 is 1.15 bits per heavy atom. The Morgan fingerprint density at radius 3 is 2.77 bits per heavy atom. The third-order valence-corrected chi connectivity index (χ3v) is 2.34. The molecule has 0 saturated carbocycles. The lowest BCUT2D eigenvalue weighted by Gasteiger charge is -1.98. The van der Waals surface area contributed by atoms with Crippen molar-refractivity contribution in [1.29, 1.82) is 0 Å². The molecule has 0 saturated heterocycles. The molecule has 0 aliphatic carbocycles. The van der Waals surface area contributed by atoms with E-state index in [-0.39, 0.29) is 0 Å². The molecule has 2 aromatic rings. The van der Waals surface area contributed by atoms with Gasteiger partial charge in [0.2, 0.25) is 0 Å². The molecular formula is C11H9BrO. The van der Waals surface area contributed by atoms with Crippen LogP contribution in [0.1, 0.15) is 11.3 Å². The first-order valence-electron chi connectivity index (χ1n) is 4.11. The first kappa shape index (κ1) is 8.57. The summed E-state index contributed by atoms with van der Waals surface area (Å²) in [6, 6.07) is 12.1. The highest BCUT2D eigenvalue weighted by Gasteiger charge is 1.98. The predicted octanol–water partition coefficient (Wildman–Crippen LogP) is 3.63. The first-order chi connectivity index (χ1) is 6.34. The Labute approximate surface area is 85.5 Å². The molecule has 2 rings (SSSR count). The van der Waals surface area contributed by atoms with E-state index in [1.165, 1.54) is 5.56 Å². The molecule has 1 aromatic carbocycles. The number of hydrogen-bond acceptors (Lipinski definition) is 1. The highest BCUT2D eigenvalue weighted by molar-refractivity contribution is 9.10. The Kier molecular flexibility index (Phi) is 2.50. The topological polar surface area (TPSA) is 13.1 Å². The SMILES string of the molecule is Brc1cccc(Cc2ccco2)c1. The molecule has 0 unspecified atom stereocenters. The summed E-state index contributed by atoms with van der Waals surface area (Å²) in [6.45, 7) is 0. The van der Waals surface area contributed by atoms with Gasteiger partial charge in [0.15, 0.2) is 0 Å². The quantitative estimate of drug-likeness (QED) is 0.777. The van der Waals surface area contributed by atoms with Crippen LogP contribution in [0.15, 0.2) is 51.6 Å². The lowest BCUT2D eigenvalue weighted by molar-refractivity contribution is 0.521. The van der Waals surface area contributed by atoms with E-state index in [1.807, 2.05) is 24.3 Å². The highest BCUT2D eigenvalue weighted by atomic mass is 79.9. The van der Waals surface area contributed by atoms with Crippen LogP contribution in [0.3, 0.4) is 0 Å². The molecule has 0 atom stereocenters. The van der Waals surface area contributed by atoms with Gasteiger partial charge in [-0.05, 0) is 29.8 Å². The van der Waals surface area contributed by atoms with Gasteiger partial charge in [0, 0.05) is 10.9 Å². The Hall–Kier alpha value is -1.02. The van der Waals surface area contributed by atoms with E-state index in [2.05, 4.69) is 28.1 Å². The predicted molar refractivity (Wildman–Crippen MR) is 55.7 cm³/mol. The molecule has 0 spiro atoms. The Balaban J connectivity index is 2.19. The molecule has 1 nitrogen and oxygen atoms in total. The molecule has 0 radical (unpaired) electrons. The minimum absolute atomic E-state index is 0.854. The molecule has 13 heavy (non-hydrogen) atoms. The zero-order valence-electron chi connectivity index (χ0n) is 7.03. The van der Waals surface area contributed by atoms with Crippen molar-refractivity contribution in [3.63, 3.8) is 0 Å². The minimum Gasteiger partial charge on any atom is -0.469 e. The number of rotatable bonds is 2. The van der Waals surface area contributed by atoms with Crippen molar-refractivity contribution in [2.75, 3.05) is 0 Å². The molecule has 0 amide bonds. The lowest BCUT2D eigenvalue weighted by Crippen LogP contribution is -1.84. The molecule has 0 aliphatic rings. The van der Waals surface area contributed by atoms with Gasteiger partial charge in [0.25, 0.3) is 0 Å². The summed E-state index contributed by atoms with van der Waals surface area (Å²) in [5.41, 5.74) is 1.25. The molecule has 1 heterocycles. The summed E-state index contributed by atoms with van der Waals surface area (Å²) < 4.78 is 6.37. The lowest BCUT2D eigenvalue weighted by atomic mass is 10.1. The monoisotopic (exact) mass is 236 g/mol. The van der Waals surface area contributed by atoms with Crippen LogP contribution < -0.4 is 0 Å². The summed E-state index contributed by atoms with van der Waals surface area (Å²) in [5.74, 6) is 0.998. The summed E-state index contributed by atoms with van der Waals surface area (Å²) in [7, 11) is 0. The van der Waals surface area contributed by atoms with Crippen LogP contribution in [0, 0.1) is 0 Å². The van der Waals surface area contributed by atoms with Gasteiger partial charge in [-0.25, -0.2) is 0 Å². The van der Waals surface area contributed by atoms with Crippen molar-refractivity contribution >= 4 is 15.9 Å². The zero-order chi connectivity index (χ0) is 9.10. The van der Waals surface area contributed by atoms with Crippen LogP contribution >= 0.6 is 15.9 Å². The molecule has 1 aromatic heterocycles. The second-order valence-corrected chi connectivity index (χ2v) is 3.80. The standard InChI is InChI=1S/C11H9BrO/c12-10-4-1-3-9(7-10)8-11-5-2-6-13-11/h1-7H,8H2. The third kappa shape index (κ3) is 2.22. The van der Waals surface area contributed by atoms with E-state index in [9.17, 15) is 0 Å². The maximum Gasteiger partial charge on any atom is 0.108 e. The maximum atomic E-state index is 5.26. The van der Waals surface area contributed by atoms with Crippen molar-refractivity contribution in [3.8, 4) is 0 Å². The third-order valence-electron chi connectivity index (χ3n) is 1.85. The zero-order valence-corrected chi connectivity index (χ0v) is 8.62. The van der Waals surface area contributed by atoms with Gasteiger partial charge < -0.3 is 4.42 Å². The van der Waals surface area contributed by atoms with Crippen LogP contribution in [-0.2, 0) is 6.42 Å². The van der Waals surface area contributed by atoms with E-state index in [0.29, 0.717) is 0 Å².